The summed E-state index contributed by atoms with van der Waals surface area (Å²) in [6, 6.07) is 4.71. The number of pyridine rings is 1. The van der Waals surface area contributed by atoms with Crippen molar-refractivity contribution in [3.05, 3.63) is 23.9 Å². The van der Waals surface area contributed by atoms with E-state index in [-0.39, 0.29) is 6.10 Å². The van der Waals surface area contributed by atoms with Gasteiger partial charge in [-0.25, -0.2) is 4.98 Å². The summed E-state index contributed by atoms with van der Waals surface area (Å²) in [6.07, 6.45) is 5.90. The molecule has 3 heteroatoms. The molecule has 1 N–H and O–H groups in total. The molecule has 1 saturated carbocycles. The Labute approximate surface area is 123 Å². The molecule has 2 unspecified atom stereocenters. The molecule has 1 aliphatic rings. The number of nitrogens with zero attached hydrogens (tertiary/aromatic N) is 1. The molecule has 0 bridgehead atoms. The topological polar surface area (TPSA) is 34.2 Å². The summed E-state index contributed by atoms with van der Waals surface area (Å²) in [5.74, 6) is 2.43. The molecule has 0 spiro atoms. The van der Waals surface area contributed by atoms with Crippen molar-refractivity contribution >= 4 is 0 Å². The predicted octanol–water partition coefficient (Wildman–Crippen LogP) is 3.78. The highest BCUT2D eigenvalue weighted by atomic mass is 16.5. The van der Waals surface area contributed by atoms with Gasteiger partial charge in [0.15, 0.2) is 0 Å². The summed E-state index contributed by atoms with van der Waals surface area (Å²) in [7, 11) is 0. The van der Waals surface area contributed by atoms with Crippen LogP contribution in [-0.2, 0) is 6.54 Å². The lowest BCUT2D eigenvalue weighted by Crippen LogP contribution is -2.36. The Kier molecular flexibility index (Phi) is 5.41. The first-order valence-corrected chi connectivity index (χ1v) is 7.88. The van der Waals surface area contributed by atoms with Crippen LogP contribution in [0.4, 0.5) is 0 Å². The number of ether oxygens (including phenoxy) is 1. The molecule has 2 rings (SSSR count). The smallest absolute Gasteiger partial charge is 0.218 e. The van der Waals surface area contributed by atoms with Crippen LogP contribution in [0.25, 0.3) is 0 Å². The van der Waals surface area contributed by atoms with Crippen LogP contribution < -0.4 is 10.1 Å². The van der Waals surface area contributed by atoms with Gasteiger partial charge in [0.05, 0.1) is 6.10 Å². The molecule has 0 amide bonds. The second-order valence-electron chi connectivity index (χ2n) is 6.63. The Bertz CT molecular complexity index is 409. The van der Waals surface area contributed by atoms with Gasteiger partial charge in [0, 0.05) is 24.3 Å². The minimum atomic E-state index is 0.165. The Morgan fingerprint density at radius 1 is 1.25 bits per heavy atom. The zero-order valence-electron chi connectivity index (χ0n) is 13.2. The van der Waals surface area contributed by atoms with Gasteiger partial charge < -0.3 is 10.1 Å². The lowest BCUT2D eigenvalue weighted by atomic mass is 9.80. The first-order chi connectivity index (χ1) is 9.54. The molecule has 1 heterocycles. The highest BCUT2D eigenvalue weighted by Gasteiger charge is 2.23. The summed E-state index contributed by atoms with van der Waals surface area (Å²) in [5, 5.41) is 3.69. The van der Waals surface area contributed by atoms with Crippen molar-refractivity contribution < 1.29 is 4.74 Å². The van der Waals surface area contributed by atoms with Crippen molar-refractivity contribution in [2.45, 2.75) is 65.6 Å². The molecule has 0 aliphatic heterocycles. The fourth-order valence-corrected chi connectivity index (χ4v) is 3.26. The van der Waals surface area contributed by atoms with Gasteiger partial charge in [-0.1, -0.05) is 19.9 Å². The lowest BCUT2D eigenvalue weighted by Gasteiger charge is -2.32. The summed E-state index contributed by atoms with van der Waals surface area (Å²) in [5.41, 5.74) is 1.16. The van der Waals surface area contributed by atoms with Gasteiger partial charge in [-0.2, -0.15) is 0 Å². The molecule has 20 heavy (non-hydrogen) atoms. The summed E-state index contributed by atoms with van der Waals surface area (Å²) >= 11 is 0. The van der Waals surface area contributed by atoms with Gasteiger partial charge in [0.1, 0.15) is 0 Å². The molecule has 0 aromatic carbocycles. The van der Waals surface area contributed by atoms with Crippen molar-refractivity contribution in [3.8, 4) is 5.88 Å². The molecule has 1 aromatic rings. The molecule has 3 nitrogen and oxygen atoms in total. The number of hydrogen-bond donors (Lipinski definition) is 1. The molecule has 1 aromatic heterocycles. The van der Waals surface area contributed by atoms with E-state index in [9.17, 15) is 0 Å². The molecule has 0 saturated heterocycles. The van der Waals surface area contributed by atoms with Crippen molar-refractivity contribution in [2.75, 3.05) is 0 Å². The third-order valence-corrected chi connectivity index (χ3v) is 3.96. The van der Waals surface area contributed by atoms with Crippen molar-refractivity contribution in [3.63, 3.8) is 0 Å². The van der Waals surface area contributed by atoms with Crippen molar-refractivity contribution in [1.82, 2.24) is 10.3 Å². The van der Waals surface area contributed by atoms with Gasteiger partial charge in [0.25, 0.3) is 0 Å². The van der Waals surface area contributed by atoms with Gasteiger partial charge in [-0.3, -0.25) is 0 Å². The molecular weight excluding hydrogens is 248 g/mol. The Hall–Kier alpha value is -1.09. The third kappa shape index (κ3) is 4.48. The van der Waals surface area contributed by atoms with Crippen LogP contribution in [0.2, 0.25) is 0 Å². The van der Waals surface area contributed by atoms with E-state index in [2.05, 4.69) is 30.2 Å². The second-order valence-corrected chi connectivity index (χ2v) is 6.63. The van der Waals surface area contributed by atoms with E-state index in [1.165, 1.54) is 19.3 Å². The van der Waals surface area contributed by atoms with Crippen LogP contribution in [0.15, 0.2) is 18.3 Å². The van der Waals surface area contributed by atoms with E-state index in [1.54, 1.807) is 6.20 Å². The molecule has 1 aliphatic carbocycles. The van der Waals surface area contributed by atoms with E-state index in [0.717, 1.165) is 29.8 Å². The highest BCUT2D eigenvalue weighted by molar-refractivity contribution is 5.25. The zero-order chi connectivity index (χ0) is 14.5. The maximum atomic E-state index is 5.78. The van der Waals surface area contributed by atoms with Crippen LogP contribution >= 0.6 is 0 Å². The van der Waals surface area contributed by atoms with Crippen LogP contribution in [-0.4, -0.2) is 17.1 Å². The summed E-state index contributed by atoms with van der Waals surface area (Å²) < 4.78 is 5.78. The number of rotatable bonds is 5. The van der Waals surface area contributed by atoms with E-state index in [0.29, 0.717) is 6.04 Å². The minimum Gasteiger partial charge on any atom is -0.475 e. The lowest BCUT2D eigenvalue weighted by molar-refractivity contribution is 0.223. The second kappa shape index (κ2) is 7.07. The van der Waals surface area contributed by atoms with Crippen LogP contribution in [0.5, 0.6) is 5.88 Å². The summed E-state index contributed by atoms with van der Waals surface area (Å²) in [6.45, 7) is 9.65. The van der Waals surface area contributed by atoms with Gasteiger partial charge in [0.2, 0.25) is 5.88 Å². The average molecular weight is 276 g/mol. The predicted molar refractivity (Wildman–Crippen MR) is 82.8 cm³/mol. The standard InChI is InChI=1S/C17H28N2O/c1-12(2)20-17-15(6-5-7-18-17)11-19-16-9-13(3)8-14(4)10-16/h5-7,12-14,16,19H,8-11H2,1-4H3. The third-order valence-electron chi connectivity index (χ3n) is 3.96. The Morgan fingerprint density at radius 3 is 2.60 bits per heavy atom. The SMILES string of the molecule is CC1CC(C)CC(NCc2cccnc2OC(C)C)C1. The fraction of sp³-hybridized carbons (Fsp3) is 0.706. The van der Waals surface area contributed by atoms with Gasteiger partial charge in [-0.15, -0.1) is 0 Å². The number of aromatic nitrogens is 1. The van der Waals surface area contributed by atoms with Gasteiger partial charge in [-0.05, 0) is 51.0 Å². The van der Waals surface area contributed by atoms with E-state index in [4.69, 9.17) is 4.74 Å². The maximum Gasteiger partial charge on any atom is 0.218 e. The molecule has 1 fully saturated rings. The van der Waals surface area contributed by atoms with E-state index < -0.39 is 0 Å². The minimum absolute atomic E-state index is 0.165. The highest BCUT2D eigenvalue weighted by Crippen LogP contribution is 2.29. The molecule has 2 atom stereocenters. The Morgan fingerprint density at radius 2 is 1.95 bits per heavy atom. The monoisotopic (exact) mass is 276 g/mol. The molecular formula is C17H28N2O. The van der Waals surface area contributed by atoms with E-state index in [1.807, 2.05) is 19.9 Å². The Balaban J connectivity index is 1.93. The van der Waals surface area contributed by atoms with Crippen molar-refractivity contribution in [2.24, 2.45) is 11.8 Å². The normalized spacial score (nSPS) is 26.8. The molecule has 0 radical (unpaired) electrons. The largest absolute Gasteiger partial charge is 0.475 e. The fourth-order valence-electron chi connectivity index (χ4n) is 3.26. The number of hydrogen-bond acceptors (Lipinski definition) is 3. The maximum absolute atomic E-state index is 5.78. The van der Waals surface area contributed by atoms with Crippen LogP contribution in [0.1, 0.15) is 52.5 Å². The van der Waals surface area contributed by atoms with Crippen LogP contribution in [0, 0.1) is 11.8 Å². The first kappa shape index (κ1) is 15.3. The average Bonchev–Trinajstić information content (AvgIpc) is 2.36. The first-order valence-electron chi connectivity index (χ1n) is 7.88. The van der Waals surface area contributed by atoms with Crippen molar-refractivity contribution in [1.29, 1.82) is 0 Å². The summed E-state index contributed by atoms with van der Waals surface area (Å²) in [4.78, 5) is 4.35. The van der Waals surface area contributed by atoms with Gasteiger partial charge >= 0.3 is 0 Å². The quantitative estimate of drug-likeness (QED) is 0.888. The van der Waals surface area contributed by atoms with Crippen LogP contribution in [0.3, 0.4) is 0 Å². The number of nitrogens with one attached hydrogen (secondary N) is 1. The van der Waals surface area contributed by atoms with E-state index >= 15 is 0 Å². The molecule has 112 valence electrons. The zero-order valence-corrected chi connectivity index (χ0v) is 13.2.